The lowest BCUT2D eigenvalue weighted by molar-refractivity contribution is 0.00955. The van der Waals surface area contributed by atoms with Crippen molar-refractivity contribution in [2.75, 3.05) is 27.2 Å². The molecule has 17 heavy (non-hydrogen) atoms. The second-order valence-corrected chi connectivity index (χ2v) is 5.81. The van der Waals surface area contributed by atoms with Crippen molar-refractivity contribution in [2.24, 2.45) is 5.92 Å². The van der Waals surface area contributed by atoms with Crippen molar-refractivity contribution in [1.82, 2.24) is 10.2 Å². The maximum Gasteiger partial charge on any atom is 0.0598 e. The lowest BCUT2D eigenvalue weighted by atomic mass is 9.96. The van der Waals surface area contributed by atoms with Crippen molar-refractivity contribution in [2.45, 2.75) is 57.2 Å². The van der Waals surface area contributed by atoms with Gasteiger partial charge in [0.1, 0.15) is 0 Å². The third kappa shape index (κ3) is 3.21. The molecule has 1 aliphatic carbocycles. The first-order valence-electron chi connectivity index (χ1n) is 7.18. The molecule has 1 saturated carbocycles. The summed E-state index contributed by atoms with van der Waals surface area (Å²) in [6.45, 7) is 4.85. The molecule has 4 atom stereocenters. The summed E-state index contributed by atoms with van der Waals surface area (Å²) in [5.74, 6) is 0.863. The van der Waals surface area contributed by atoms with E-state index in [1.165, 1.54) is 45.2 Å². The number of nitrogens with one attached hydrogen (secondary N) is 1. The standard InChI is InChI=1S/C14H28N2O/c1-11-9-13(17-3)7-8-16(11)10-12-5-4-6-14(12)15-2/h11-15H,4-10H2,1-3H3. The van der Waals surface area contributed by atoms with E-state index in [0.29, 0.717) is 12.1 Å². The highest BCUT2D eigenvalue weighted by Crippen LogP contribution is 2.29. The number of rotatable bonds is 4. The number of nitrogens with zero attached hydrogens (tertiary/aromatic N) is 1. The molecule has 1 aliphatic heterocycles. The summed E-state index contributed by atoms with van der Waals surface area (Å²) in [6.07, 6.45) is 7.07. The number of hydrogen-bond acceptors (Lipinski definition) is 3. The Morgan fingerprint density at radius 1 is 1.29 bits per heavy atom. The van der Waals surface area contributed by atoms with Gasteiger partial charge in [-0.15, -0.1) is 0 Å². The fourth-order valence-corrected chi connectivity index (χ4v) is 3.60. The summed E-state index contributed by atoms with van der Waals surface area (Å²) >= 11 is 0. The highest BCUT2D eigenvalue weighted by molar-refractivity contribution is 4.87. The van der Waals surface area contributed by atoms with Crippen LogP contribution >= 0.6 is 0 Å². The molecule has 2 aliphatic rings. The van der Waals surface area contributed by atoms with E-state index in [-0.39, 0.29) is 0 Å². The average Bonchev–Trinajstić information content (AvgIpc) is 2.79. The zero-order valence-electron chi connectivity index (χ0n) is 11.6. The molecule has 3 nitrogen and oxygen atoms in total. The summed E-state index contributed by atoms with van der Waals surface area (Å²) in [7, 11) is 3.96. The van der Waals surface area contributed by atoms with Crippen LogP contribution in [0.5, 0.6) is 0 Å². The molecule has 0 aromatic rings. The Hall–Kier alpha value is -0.120. The minimum atomic E-state index is 0.491. The lowest BCUT2D eigenvalue weighted by Crippen LogP contribution is -2.47. The number of likely N-dealkylation sites (tertiary alicyclic amines) is 1. The van der Waals surface area contributed by atoms with Crippen LogP contribution in [0.4, 0.5) is 0 Å². The van der Waals surface area contributed by atoms with Gasteiger partial charge in [-0.3, -0.25) is 0 Å². The van der Waals surface area contributed by atoms with Crippen LogP contribution < -0.4 is 5.32 Å². The van der Waals surface area contributed by atoms with Crippen LogP contribution in [0, 0.1) is 5.92 Å². The Balaban J connectivity index is 1.82. The fourth-order valence-electron chi connectivity index (χ4n) is 3.60. The maximum absolute atomic E-state index is 5.48. The van der Waals surface area contributed by atoms with Crippen molar-refractivity contribution in [3.8, 4) is 0 Å². The summed E-state index contributed by atoms with van der Waals surface area (Å²) in [5.41, 5.74) is 0. The van der Waals surface area contributed by atoms with Crippen LogP contribution in [0.15, 0.2) is 0 Å². The molecular formula is C14H28N2O. The molecule has 100 valence electrons. The van der Waals surface area contributed by atoms with Gasteiger partial charge in [0.15, 0.2) is 0 Å². The maximum atomic E-state index is 5.48. The van der Waals surface area contributed by atoms with Gasteiger partial charge in [-0.05, 0) is 45.6 Å². The van der Waals surface area contributed by atoms with Crippen LogP contribution in [-0.2, 0) is 4.74 Å². The number of methoxy groups -OCH3 is 1. The van der Waals surface area contributed by atoms with Gasteiger partial charge in [-0.2, -0.15) is 0 Å². The predicted molar refractivity (Wildman–Crippen MR) is 71.3 cm³/mol. The van der Waals surface area contributed by atoms with E-state index in [1.807, 2.05) is 7.11 Å². The first-order chi connectivity index (χ1) is 8.24. The molecule has 1 heterocycles. The van der Waals surface area contributed by atoms with E-state index < -0.39 is 0 Å². The van der Waals surface area contributed by atoms with Crippen LogP contribution in [0.1, 0.15) is 39.0 Å². The predicted octanol–water partition coefficient (Wildman–Crippen LogP) is 1.87. The molecular weight excluding hydrogens is 212 g/mol. The van der Waals surface area contributed by atoms with Crippen LogP contribution in [-0.4, -0.2) is 50.3 Å². The van der Waals surface area contributed by atoms with Crippen LogP contribution in [0.2, 0.25) is 0 Å². The van der Waals surface area contributed by atoms with E-state index in [2.05, 4.69) is 24.2 Å². The average molecular weight is 240 g/mol. The third-order valence-corrected chi connectivity index (χ3v) is 4.80. The van der Waals surface area contributed by atoms with E-state index in [9.17, 15) is 0 Å². The Labute approximate surface area is 106 Å². The molecule has 1 saturated heterocycles. The minimum absolute atomic E-state index is 0.491. The molecule has 2 rings (SSSR count). The van der Waals surface area contributed by atoms with Gasteiger partial charge < -0.3 is 15.0 Å². The third-order valence-electron chi connectivity index (χ3n) is 4.80. The van der Waals surface area contributed by atoms with Crippen molar-refractivity contribution in [3.63, 3.8) is 0 Å². The second-order valence-electron chi connectivity index (χ2n) is 5.81. The molecule has 0 aromatic carbocycles. The SMILES string of the molecule is CNC1CCCC1CN1CCC(OC)CC1C. The summed E-state index contributed by atoms with van der Waals surface area (Å²) < 4.78 is 5.48. The van der Waals surface area contributed by atoms with Gasteiger partial charge in [0.25, 0.3) is 0 Å². The molecule has 0 spiro atoms. The lowest BCUT2D eigenvalue weighted by Gasteiger charge is -2.39. The smallest absolute Gasteiger partial charge is 0.0598 e. The first-order valence-corrected chi connectivity index (χ1v) is 7.18. The van der Waals surface area contributed by atoms with Gasteiger partial charge >= 0.3 is 0 Å². The fraction of sp³-hybridized carbons (Fsp3) is 1.00. The van der Waals surface area contributed by atoms with Crippen molar-refractivity contribution >= 4 is 0 Å². The molecule has 4 unspecified atom stereocenters. The molecule has 0 bridgehead atoms. The van der Waals surface area contributed by atoms with Crippen molar-refractivity contribution in [1.29, 1.82) is 0 Å². The van der Waals surface area contributed by atoms with Gasteiger partial charge in [-0.25, -0.2) is 0 Å². The first kappa shape index (κ1) is 13.3. The number of piperidine rings is 1. The van der Waals surface area contributed by atoms with E-state index in [1.54, 1.807) is 0 Å². The Morgan fingerprint density at radius 2 is 2.12 bits per heavy atom. The monoisotopic (exact) mass is 240 g/mol. The number of hydrogen-bond donors (Lipinski definition) is 1. The molecule has 0 amide bonds. The molecule has 2 fully saturated rings. The van der Waals surface area contributed by atoms with Gasteiger partial charge in [0, 0.05) is 32.3 Å². The van der Waals surface area contributed by atoms with Crippen molar-refractivity contribution < 1.29 is 4.74 Å². The highest BCUT2D eigenvalue weighted by atomic mass is 16.5. The Bertz CT molecular complexity index is 234. The second kappa shape index (κ2) is 6.17. The van der Waals surface area contributed by atoms with E-state index in [0.717, 1.165) is 12.0 Å². The van der Waals surface area contributed by atoms with E-state index >= 15 is 0 Å². The Kier molecular flexibility index (Phi) is 4.83. The normalized spacial score (nSPS) is 39.7. The molecule has 1 N–H and O–H groups in total. The summed E-state index contributed by atoms with van der Waals surface area (Å²) in [5, 5.41) is 3.49. The minimum Gasteiger partial charge on any atom is -0.381 e. The topological polar surface area (TPSA) is 24.5 Å². The van der Waals surface area contributed by atoms with Crippen molar-refractivity contribution in [3.05, 3.63) is 0 Å². The van der Waals surface area contributed by atoms with Gasteiger partial charge in [0.05, 0.1) is 6.10 Å². The highest BCUT2D eigenvalue weighted by Gasteiger charge is 2.31. The molecule has 3 heteroatoms. The van der Waals surface area contributed by atoms with Gasteiger partial charge in [0.2, 0.25) is 0 Å². The quantitative estimate of drug-likeness (QED) is 0.812. The number of ether oxygens (including phenoxy) is 1. The van der Waals surface area contributed by atoms with Gasteiger partial charge in [-0.1, -0.05) is 6.42 Å². The zero-order chi connectivity index (χ0) is 12.3. The van der Waals surface area contributed by atoms with Crippen LogP contribution in [0.3, 0.4) is 0 Å². The van der Waals surface area contributed by atoms with E-state index in [4.69, 9.17) is 4.74 Å². The molecule has 0 aromatic heterocycles. The summed E-state index contributed by atoms with van der Waals surface area (Å²) in [4.78, 5) is 2.68. The Morgan fingerprint density at radius 3 is 2.76 bits per heavy atom. The largest absolute Gasteiger partial charge is 0.381 e. The zero-order valence-corrected chi connectivity index (χ0v) is 11.6. The molecule has 0 radical (unpaired) electrons. The summed E-state index contributed by atoms with van der Waals surface area (Å²) in [6, 6.07) is 1.44. The van der Waals surface area contributed by atoms with Crippen LogP contribution in [0.25, 0.3) is 0 Å².